The Morgan fingerprint density at radius 1 is 1.24 bits per heavy atom. The monoisotopic (exact) mass is 479 g/mol. The first kappa shape index (κ1) is 23.0. The molecule has 1 fully saturated rings. The second kappa shape index (κ2) is 9.10. The van der Waals surface area contributed by atoms with Crippen molar-refractivity contribution in [2.75, 3.05) is 6.61 Å². The summed E-state index contributed by atoms with van der Waals surface area (Å²) in [5, 5.41) is 5.38. The molecular weight excluding hydrogens is 446 g/mol. The van der Waals surface area contributed by atoms with Gasteiger partial charge in [0, 0.05) is 11.6 Å². The summed E-state index contributed by atoms with van der Waals surface area (Å²) < 4.78 is 8.94. The van der Waals surface area contributed by atoms with Crippen LogP contribution in [0.4, 0.5) is 0 Å². The van der Waals surface area contributed by atoms with Gasteiger partial charge < -0.3 is 19.5 Å². The van der Waals surface area contributed by atoms with Crippen molar-refractivity contribution in [1.82, 2.24) is 14.8 Å². The number of carbonyl (C=O) groups excluding carboxylic acids is 2. The Morgan fingerprint density at radius 3 is 2.82 bits per heavy atom. The van der Waals surface area contributed by atoms with Gasteiger partial charge in [-0.05, 0) is 56.2 Å². The predicted octanol–water partition coefficient (Wildman–Crippen LogP) is 5.21. The summed E-state index contributed by atoms with van der Waals surface area (Å²) in [7, 11) is 0. The largest absolute Gasteiger partial charge is 0.494 e. The van der Waals surface area contributed by atoms with E-state index in [0.717, 1.165) is 40.8 Å². The van der Waals surface area contributed by atoms with Gasteiger partial charge in [0.05, 0.1) is 29.9 Å². The Hall–Kier alpha value is -2.80. The van der Waals surface area contributed by atoms with Gasteiger partial charge in [-0.15, -0.1) is 11.3 Å². The lowest BCUT2D eigenvalue weighted by atomic mass is 9.85. The number of para-hydroxylation sites is 1. The number of nitrogens with one attached hydrogen (secondary N) is 1. The number of nitrogens with zero attached hydrogens (tertiary/aromatic N) is 2. The molecule has 0 spiro atoms. The molecule has 0 saturated heterocycles. The van der Waals surface area contributed by atoms with Gasteiger partial charge in [0.25, 0.3) is 5.91 Å². The van der Waals surface area contributed by atoms with E-state index in [0.29, 0.717) is 31.3 Å². The second-order valence-electron chi connectivity index (χ2n) is 9.83. The highest BCUT2D eigenvalue weighted by molar-refractivity contribution is 7.17. The number of aromatic nitrogens is 1. The molecule has 2 amide bonds. The van der Waals surface area contributed by atoms with E-state index in [1.54, 1.807) is 16.2 Å². The van der Waals surface area contributed by atoms with E-state index in [1.165, 1.54) is 6.42 Å². The normalized spacial score (nSPS) is 24.8. The molecule has 0 radical (unpaired) electrons. The molecule has 3 heterocycles. The van der Waals surface area contributed by atoms with Gasteiger partial charge in [-0.1, -0.05) is 38.0 Å². The molecule has 180 valence electrons. The molecule has 1 N–H and O–H groups in total. The zero-order valence-corrected chi connectivity index (χ0v) is 21.0. The van der Waals surface area contributed by atoms with E-state index in [4.69, 9.17) is 4.74 Å². The molecule has 7 heteroatoms. The molecule has 1 aliphatic carbocycles. The number of benzene rings is 1. The van der Waals surface area contributed by atoms with Crippen LogP contribution < -0.4 is 10.1 Å². The fraction of sp³-hybridized carbons (Fsp3) is 0.481. The first-order valence-corrected chi connectivity index (χ1v) is 13.2. The maximum atomic E-state index is 13.9. The second-order valence-corrected chi connectivity index (χ2v) is 10.8. The average Bonchev–Trinajstić information content (AvgIpc) is 3.42. The van der Waals surface area contributed by atoms with E-state index < -0.39 is 5.54 Å². The van der Waals surface area contributed by atoms with Gasteiger partial charge in [-0.3, -0.25) is 9.59 Å². The number of rotatable bonds is 6. The molecule has 34 heavy (non-hydrogen) atoms. The third-order valence-corrected chi connectivity index (χ3v) is 8.42. The van der Waals surface area contributed by atoms with E-state index in [9.17, 15) is 9.59 Å². The van der Waals surface area contributed by atoms with Gasteiger partial charge in [0.15, 0.2) is 0 Å². The molecule has 0 unspecified atom stereocenters. The van der Waals surface area contributed by atoms with Crippen LogP contribution in [0.3, 0.4) is 0 Å². The van der Waals surface area contributed by atoms with Gasteiger partial charge >= 0.3 is 0 Å². The van der Waals surface area contributed by atoms with Crippen LogP contribution >= 0.6 is 11.3 Å². The molecule has 3 aromatic rings. The minimum atomic E-state index is -1.02. The predicted molar refractivity (Wildman–Crippen MR) is 135 cm³/mol. The maximum Gasteiger partial charge on any atom is 0.271 e. The quantitative estimate of drug-likeness (QED) is 0.528. The molecule has 2 aliphatic rings. The molecule has 3 atom stereocenters. The third kappa shape index (κ3) is 3.90. The first-order valence-electron chi connectivity index (χ1n) is 12.3. The van der Waals surface area contributed by atoms with Gasteiger partial charge in [-0.2, -0.15) is 0 Å². The minimum absolute atomic E-state index is 0.0729. The fourth-order valence-electron chi connectivity index (χ4n) is 5.48. The highest BCUT2D eigenvalue weighted by Gasteiger charge is 2.48. The molecule has 2 aromatic heterocycles. The molecule has 1 aromatic carbocycles. The SMILES string of the molecule is CCOc1ccccc1CN1C(=O)c2cc3sccc3n2C[C@]1(C)C(=O)N[C@H]1CCCC[C@H]1C. The Bertz CT molecular complexity index is 1210. The zero-order chi connectivity index (χ0) is 23.9. The number of thiophene rings is 1. The molecule has 0 bridgehead atoms. The van der Waals surface area contributed by atoms with Crippen molar-refractivity contribution in [3.8, 4) is 5.75 Å². The Labute approximate surface area is 204 Å². The summed E-state index contributed by atoms with van der Waals surface area (Å²) in [6, 6.07) is 11.9. The summed E-state index contributed by atoms with van der Waals surface area (Å²) in [4.78, 5) is 29.6. The minimum Gasteiger partial charge on any atom is -0.494 e. The van der Waals surface area contributed by atoms with Gasteiger partial charge in [-0.25, -0.2) is 0 Å². The molecule has 1 aliphatic heterocycles. The highest BCUT2D eigenvalue weighted by Crippen LogP contribution is 2.36. The van der Waals surface area contributed by atoms with Crippen molar-refractivity contribution >= 4 is 33.4 Å². The standard InChI is InChI=1S/C27H33N3O3S/c1-4-33-23-12-8-6-10-19(23)16-30-25(31)22-15-24-21(13-14-34-24)29(22)17-27(30,3)26(32)28-20-11-7-5-9-18(20)2/h6,8,10,12-15,18,20H,4-5,7,9,11,16-17H2,1-3H3,(H,28,32)/t18-,20+,27-/m1/s1. The number of carbonyl (C=O) groups is 2. The lowest BCUT2D eigenvalue weighted by molar-refractivity contribution is -0.134. The summed E-state index contributed by atoms with van der Waals surface area (Å²) >= 11 is 1.62. The van der Waals surface area contributed by atoms with Crippen LogP contribution in [0, 0.1) is 5.92 Å². The number of hydrogen-bond acceptors (Lipinski definition) is 4. The highest BCUT2D eigenvalue weighted by atomic mass is 32.1. The number of hydrogen-bond donors (Lipinski definition) is 1. The fourth-order valence-corrected chi connectivity index (χ4v) is 6.30. The van der Waals surface area contributed by atoms with E-state index in [2.05, 4.69) is 12.2 Å². The van der Waals surface area contributed by atoms with Crippen LogP contribution in [0.15, 0.2) is 41.8 Å². The van der Waals surface area contributed by atoms with Crippen molar-refractivity contribution in [2.45, 2.75) is 71.1 Å². The van der Waals surface area contributed by atoms with Crippen LogP contribution in [0.2, 0.25) is 0 Å². The Morgan fingerprint density at radius 2 is 2.03 bits per heavy atom. The first-order chi connectivity index (χ1) is 16.4. The Kier molecular flexibility index (Phi) is 6.15. The van der Waals surface area contributed by atoms with E-state index in [-0.39, 0.29) is 17.9 Å². The topological polar surface area (TPSA) is 63.6 Å². The van der Waals surface area contributed by atoms with E-state index >= 15 is 0 Å². The molecule has 5 rings (SSSR count). The number of amides is 2. The van der Waals surface area contributed by atoms with Crippen molar-refractivity contribution in [1.29, 1.82) is 0 Å². The van der Waals surface area contributed by atoms with Gasteiger partial charge in [0.1, 0.15) is 17.0 Å². The van der Waals surface area contributed by atoms with Crippen LogP contribution in [0.25, 0.3) is 10.2 Å². The zero-order valence-electron chi connectivity index (χ0n) is 20.2. The number of ether oxygens (including phenoxy) is 1. The molecule has 1 saturated carbocycles. The third-order valence-electron chi connectivity index (χ3n) is 7.57. The summed E-state index contributed by atoms with van der Waals surface area (Å²) in [6.45, 7) is 7.37. The average molecular weight is 480 g/mol. The Balaban J connectivity index is 1.54. The summed E-state index contributed by atoms with van der Waals surface area (Å²) in [6.07, 6.45) is 4.47. The van der Waals surface area contributed by atoms with Crippen molar-refractivity contribution < 1.29 is 14.3 Å². The van der Waals surface area contributed by atoms with Crippen LogP contribution in [-0.4, -0.2) is 39.5 Å². The van der Waals surface area contributed by atoms with Gasteiger partial charge in [0.2, 0.25) is 5.91 Å². The van der Waals surface area contributed by atoms with Crippen LogP contribution in [-0.2, 0) is 17.9 Å². The van der Waals surface area contributed by atoms with Crippen molar-refractivity contribution in [2.24, 2.45) is 5.92 Å². The summed E-state index contributed by atoms with van der Waals surface area (Å²) in [5.74, 6) is 1.01. The smallest absolute Gasteiger partial charge is 0.271 e. The van der Waals surface area contributed by atoms with Crippen LogP contribution in [0.1, 0.15) is 62.5 Å². The van der Waals surface area contributed by atoms with E-state index in [1.807, 2.05) is 60.2 Å². The lowest BCUT2D eigenvalue weighted by Gasteiger charge is -2.45. The lowest BCUT2D eigenvalue weighted by Crippen LogP contribution is -2.65. The van der Waals surface area contributed by atoms with Crippen LogP contribution in [0.5, 0.6) is 5.75 Å². The van der Waals surface area contributed by atoms with Crippen molar-refractivity contribution in [3.63, 3.8) is 0 Å². The summed E-state index contributed by atoms with van der Waals surface area (Å²) in [5.41, 5.74) is 1.55. The number of fused-ring (bicyclic) bond motifs is 3. The maximum absolute atomic E-state index is 13.9. The van der Waals surface area contributed by atoms with Crippen molar-refractivity contribution in [3.05, 3.63) is 53.0 Å². The molecule has 6 nitrogen and oxygen atoms in total. The molecular formula is C27H33N3O3S.